The largest absolute Gasteiger partial charge is 0.502 e. The summed E-state index contributed by atoms with van der Waals surface area (Å²) in [6.45, 7) is -0.180. The molecular weight excluding hydrogens is 172 g/mol. The number of benzene rings is 1. The minimum absolute atomic E-state index is 0.0865. The number of hydrogen-bond donors (Lipinski definition) is 2. The Morgan fingerprint density at radius 3 is 2.38 bits per heavy atom. The van der Waals surface area contributed by atoms with E-state index in [-0.39, 0.29) is 18.1 Å². The molecule has 0 amide bonds. The van der Waals surface area contributed by atoms with Gasteiger partial charge in [-0.1, -0.05) is 0 Å². The molecule has 13 heavy (non-hydrogen) atoms. The molecule has 1 rings (SSSR count). The lowest BCUT2D eigenvalue weighted by Gasteiger charge is -2.10. The number of methoxy groups -OCH3 is 2. The van der Waals surface area contributed by atoms with E-state index in [4.69, 9.17) is 14.6 Å². The van der Waals surface area contributed by atoms with Crippen molar-refractivity contribution in [2.45, 2.75) is 6.61 Å². The third-order valence-electron chi connectivity index (χ3n) is 1.77. The van der Waals surface area contributed by atoms with Crippen LogP contribution in [-0.2, 0) is 6.61 Å². The second-order valence-corrected chi connectivity index (χ2v) is 2.47. The van der Waals surface area contributed by atoms with E-state index in [1.165, 1.54) is 14.2 Å². The summed E-state index contributed by atoms with van der Waals surface area (Å²) in [7, 11) is 2.88. The maximum atomic E-state index is 9.54. The molecule has 0 aromatic heterocycles. The van der Waals surface area contributed by atoms with Gasteiger partial charge in [0.15, 0.2) is 11.5 Å². The maximum Gasteiger partial charge on any atom is 0.201 e. The van der Waals surface area contributed by atoms with Crippen LogP contribution in [-0.4, -0.2) is 24.4 Å². The fourth-order valence-corrected chi connectivity index (χ4v) is 1.11. The minimum Gasteiger partial charge on any atom is -0.502 e. The van der Waals surface area contributed by atoms with Crippen molar-refractivity contribution in [1.82, 2.24) is 0 Å². The lowest BCUT2D eigenvalue weighted by Crippen LogP contribution is -1.94. The van der Waals surface area contributed by atoms with Crippen LogP contribution < -0.4 is 9.47 Å². The zero-order valence-corrected chi connectivity index (χ0v) is 7.57. The molecule has 0 aliphatic carbocycles. The van der Waals surface area contributed by atoms with Gasteiger partial charge in [0.2, 0.25) is 5.75 Å². The number of phenolic OH excluding ortho intramolecular Hbond substituents is 1. The van der Waals surface area contributed by atoms with Crippen LogP contribution in [0.1, 0.15) is 5.56 Å². The standard InChI is InChI=1S/C9H12O4/c1-12-7-4-3-6(5-10)9(13-2)8(7)11/h3-4,10-11H,5H2,1-2H3. The molecule has 4 heteroatoms. The van der Waals surface area contributed by atoms with E-state index < -0.39 is 0 Å². The molecule has 0 saturated carbocycles. The molecule has 0 aliphatic heterocycles. The third-order valence-corrected chi connectivity index (χ3v) is 1.77. The molecule has 0 unspecified atom stereocenters. The lowest BCUT2D eigenvalue weighted by molar-refractivity contribution is 0.268. The first-order valence-corrected chi connectivity index (χ1v) is 3.78. The van der Waals surface area contributed by atoms with E-state index in [9.17, 15) is 5.11 Å². The second-order valence-electron chi connectivity index (χ2n) is 2.47. The molecular formula is C9H12O4. The smallest absolute Gasteiger partial charge is 0.201 e. The highest BCUT2D eigenvalue weighted by Gasteiger charge is 2.12. The quantitative estimate of drug-likeness (QED) is 0.732. The second kappa shape index (κ2) is 4.00. The Bertz CT molecular complexity index is 296. The van der Waals surface area contributed by atoms with Gasteiger partial charge in [0.1, 0.15) is 0 Å². The van der Waals surface area contributed by atoms with E-state index in [0.717, 1.165) is 0 Å². The first-order valence-electron chi connectivity index (χ1n) is 3.78. The van der Waals surface area contributed by atoms with Crippen LogP contribution in [0.5, 0.6) is 17.2 Å². The number of phenols is 1. The summed E-state index contributed by atoms with van der Waals surface area (Å²) in [6, 6.07) is 3.21. The summed E-state index contributed by atoms with van der Waals surface area (Å²) in [4.78, 5) is 0. The average molecular weight is 184 g/mol. The van der Waals surface area contributed by atoms with Crippen LogP contribution in [0.25, 0.3) is 0 Å². The van der Waals surface area contributed by atoms with E-state index >= 15 is 0 Å². The molecule has 2 N–H and O–H groups in total. The number of aliphatic hydroxyl groups excluding tert-OH is 1. The number of aromatic hydroxyl groups is 1. The van der Waals surface area contributed by atoms with Gasteiger partial charge in [-0.3, -0.25) is 0 Å². The Hall–Kier alpha value is -1.42. The fourth-order valence-electron chi connectivity index (χ4n) is 1.11. The third kappa shape index (κ3) is 1.67. The topological polar surface area (TPSA) is 58.9 Å². The van der Waals surface area contributed by atoms with Crippen molar-refractivity contribution in [3.8, 4) is 17.2 Å². The van der Waals surface area contributed by atoms with Crippen molar-refractivity contribution in [3.63, 3.8) is 0 Å². The zero-order valence-electron chi connectivity index (χ0n) is 7.57. The molecule has 0 heterocycles. The number of hydrogen-bond acceptors (Lipinski definition) is 4. The first kappa shape index (κ1) is 9.67. The van der Waals surface area contributed by atoms with Gasteiger partial charge in [-0.25, -0.2) is 0 Å². The molecule has 0 bridgehead atoms. The first-order chi connectivity index (χ1) is 6.24. The van der Waals surface area contributed by atoms with E-state index in [2.05, 4.69) is 0 Å². The van der Waals surface area contributed by atoms with Gasteiger partial charge in [-0.15, -0.1) is 0 Å². The predicted octanol–water partition coefficient (Wildman–Crippen LogP) is 0.902. The van der Waals surface area contributed by atoms with Crippen LogP contribution in [0.2, 0.25) is 0 Å². The molecule has 0 spiro atoms. The Balaban J connectivity index is 3.23. The number of aliphatic hydroxyl groups is 1. The van der Waals surface area contributed by atoms with E-state index in [1.807, 2.05) is 0 Å². The Kier molecular flexibility index (Phi) is 2.97. The van der Waals surface area contributed by atoms with Gasteiger partial charge in [0, 0.05) is 5.56 Å². The molecule has 0 radical (unpaired) electrons. The zero-order chi connectivity index (χ0) is 9.84. The molecule has 1 aromatic rings. The van der Waals surface area contributed by atoms with Crippen LogP contribution >= 0.6 is 0 Å². The molecule has 0 saturated heterocycles. The minimum atomic E-state index is -0.180. The van der Waals surface area contributed by atoms with Crippen LogP contribution in [0, 0.1) is 0 Å². The van der Waals surface area contributed by atoms with Gasteiger partial charge in [-0.2, -0.15) is 0 Å². The number of ether oxygens (including phenoxy) is 2. The Labute approximate surface area is 76.3 Å². The van der Waals surface area contributed by atoms with Crippen LogP contribution in [0.3, 0.4) is 0 Å². The van der Waals surface area contributed by atoms with Crippen molar-refractivity contribution in [3.05, 3.63) is 17.7 Å². The molecule has 72 valence electrons. The Morgan fingerprint density at radius 2 is 1.92 bits per heavy atom. The lowest BCUT2D eigenvalue weighted by atomic mass is 10.2. The highest BCUT2D eigenvalue weighted by atomic mass is 16.5. The maximum absolute atomic E-state index is 9.54. The van der Waals surface area contributed by atoms with E-state index in [0.29, 0.717) is 11.3 Å². The molecule has 1 aromatic carbocycles. The molecule has 0 atom stereocenters. The van der Waals surface area contributed by atoms with Crippen molar-refractivity contribution in [2.75, 3.05) is 14.2 Å². The van der Waals surface area contributed by atoms with Crippen LogP contribution in [0.4, 0.5) is 0 Å². The van der Waals surface area contributed by atoms with Gasteiger partial charge in [0.05, 0.1) is 20.8 Å². The highest BCUT2D eigenvalue weighted by molar-refractivity contribution is 5.54. The predicted molar refractivity (Wildman–Crippen MR) is 47.1 cm³/mol. The van der Waals surface area contributed by atoms with E-state index in [1.54, 1.807) is 12.1 Å². The van der Waals surface area contributed by atoms with Gasteiger partial charge in [-0.05, 0) is 12.1 Å². The van der Waals surface area contributed by atoms with Gasteiger partial charge < -0.3 is 19.7 Å². The summed E-state index contributed by atoms with van der Waals surface area (Å²) in [5, 5.41) is 18.4. The van der Waals surface area contributed by atoms with Crippen molar-refractivity contribution in [2.24, 2.45) is 0 Å². The molecule has 0 aliphatic rings. The van der Waals surface area contributed by atoms with Gasteiger partial charge >= 0.3 is 0 Å². The van der Waals surface area contributed by atoms with Gasteiger partial charge in [0.25, 0.3) is 0 Å². The SMILES string of the molecule is COc1ccc(CO)c(OC)c1O. The fraction of sp³-hybridized carbons (Fsp3) is 0.333. The number of rotatable bonds is 3. The van der Waals surface area contributed by atoms with Crippen LogP contribution in [0.15, 0.2) is 12.1 Å². The average Bonchev–Trinajstić information content (AvgIpc) is 2.17. The monoisotopic (exact) mass is 184 g/mol. The normalized spacial score (nSPS) is 9.77. The summed E-state index contributed by atoms with van der Waals surface area (Å²) >= 11 is 0. The summed E-state index contributed by atoms with van der Waals surface area (Å²) in [6.07, 6.45) is 0. The van der Waals surface area contributed by atoms with Crippen molar-refractivity contribution in [1.29, 1.82) is 0 Å². The highest BCUT2D eigenvalue weighted by Crippen LogP contribution is 2.38. The summed E-state index contributed by atoms with van der Waals surface area (Å²) in [5.41, 5.74) is 0.529. The van der Waals surface area contributed by atoms with Crippen molar-refractivity contribution >= 4 is 0 Å². The van der Waals surface area contributed by atoms with Crippen molar-refractivity contribution < 1.29 is 19.7 Å². The molecule has 0 fully saturated rings. The Morgan fingerprint density at radius 1 is 1.23 bits per heavy atom. The summed E-state index contributed by atoms with van der Waals surface area (Å²) < 4.78 is 9.79. The molecule has 4 nitrogen and oxygen atoms in total. The summed E-state index contributed by atoms with van der Waals surface area (Å²) in [5.74, 6) is 0.493.